The first-order valence-corrected chi connectivity index (χ1v) is 9.43. The Bertz CT molecular complexity index is 455. The summed E-state index contributed by atoms with van der Waals surface area (Å²) >= 11 is 2.06. The Hall–Kier alpha value is -0.540. The molecular formula is C18H30N2S. The summed E-state index contributed by atoms with van der Waals surface area (Å²) in [6, 6.07) is 2.58. The summed E-state index contributed by atoms with van der Waals surface area (Å²) in [5.41, 5.74) is 5.04. The Morgan fingerprint density at radius 3 is 2.48 bits per heavy atom. The molecule has 21 heavy (non-hydrogen) atoms. The van der Waals surface area contributed by atoms with Crippen LogP contribution in [0, 0.1) is 20.8 Å². The van der Waals surface area contributed by atoms with Crippen molar-refractivity contribution in [1.29, 1.82) is 0 Å². The van der Waals surface area contributed by atoms with Crippen LogP contribution in [0.4, 0.5) is 0 Å². The minimum Gasteiger partial charge on any atom is -0.309 e. The Balaban J connectivity index is 2.06. The zero-order valence-electron chi connectivity index (χ0n) is 14.3. The number of aromatic nitrogens is 1. The molecule has 118 valence electrons. The van der Waals surface area contributed by atoms with Crippen molar-refractivity contribution in [1.82, 2.24) is 10.3 Å². The smallest absolute Gasteiger partial charge is 0.0426 e. The molecule has 1 heterocycles. The van der Waals surface area contributed by atoms with Crippen molar-refractivity contribution < 1.29 is 0 Å². The number of thioether (sulfide) groups is 1. The third-order valence-corrected chi connectivity index (χ3v) is 6.36. The lowest BCUT2D eigenvalue weighted by atomic mass is 9.87. The second-order valence-corrected chi connectivity index (χ2v) is 7.90. The summed E-state index contributed by atoms with van der Waals surface area (Å²) in [4.78, 5) is 4.64. The summed E-state index contributed by atoms with van der Waals surface area (Å²) in [6.45, 7) is 9.82. The summed E-state index contributed by atoms with van der Waals surface area (Å²) in [5, 5.41) is 3.80. The quantitative estimate of drug-likeness (QED) is 0.851. The fourth-order valence-electron chi connectivity index (χ4n) is 3.78. The Kier molecular flexibility index (Phi) is 5.73. The lowest BCUT2D eigenvalue weighted by Crippen LogP contribution is -2.40. The number of hydrogen-bond donors (Lipinski definition) is 1. The third-order valence-electron chi connectivity index (χ3n) is 4.95. The van der Waals surface area contributed by atoms with Gasteiger partial charge in [-0.2, -0.15) is 11.8 Å². The molecule has 1 aromatic rings. The molecule has 3 heteroatoms. The van der Waals surface area contributed by atoms with Gasteiger partial charge in [0.2, 0.25) is 0 Å². The highest BCUT2D eigenvalue weighted by Gasteiger charge is 2.31. The highest BCUT2D eigenvalue weighted by molar-refractivity contribution is 8.00. The van der Waals surface area contributed by atoms with Crippen LogP contribution < -0.4 is 5.32 Å². The summed E-state index contributed by atoms with van der Waals surface area (Å²) in [5.74, 6) is 0. The van der Waals surface area contributed by atoms with E-state index in [2.05, 4.69) is 62.1 Å². The second kappa shape index (κ2) is 7.15. The van der Waals surface area contributed by atoms with Crippen molar-refractivity contribution in [3.05, 3.63) is 28.6 Å². The molecular weight excluding hydrogens is 276 g/mol. The zero-order chi connectivity index (χ0) is 15.5. The lowest BCUT2D eigenvalue weighted by Gasteiger charge is -2.37. The van der Waals surface area contributed by atoms with Gasteiger partial charge in [-0.1, -0.05) is 19.3 Å². The Labute approximate surface area is 134 Å². The Morgan fingerprint density at radius 2 is 1.90 bits per heavy atom. The van der Waals surface area contributed by atoms with E-state index in [0.29, 0.717) is 10.8 Å². The van der Waals surface area contributed by atoms with Crippen LogP contribution in [0.25, 0.3) is 0 Å². The molecule has 0 saturated heterocycles. The molecule has 0 aromatic carbocycles. The van der Waals surface area contributed by atoms with Crippen LogP contribution in [0.5, 0.6) is 0 Å². The normalized spacial score (nSPS) is 19.5. The molecule has 2 rings (SSSR count). The van der Waals surface area contributed by atoms with Gasteiger partial charge in [-0.05, 0) is 64.0 Å². The largest absolute Gasteiger partial charge is 0.309 e. The average molecular weight is 307 g/mol. The average Bonchev–Trinajstić information content (AvgIpc) is 2.45. The van der Waals surface area contributed by atoms with Crippen LogP contribution in [0.15, 0.2) is 6.07 Å². The van der Waals surface area contributed by atoms with Gasteiger partial charge in [0.15, 0.2) is 0 Å². The summed E-state index contributed by atoms with van der Waals surface area (Å²) in [7, 11) is 0. The van der Waals surface area contributed by atoms with Crippen LogP contribution in [-0.4, -0.2) is 22.5 Å². The standard InChI is InChI=1S/C18H30N2S/c1-13-11-14(2)20-16(4)17(13)15(3)19-12-18(21-5)9-7-6-8-10-18/h11,15,19H,6-10,12H2,1-5H3. The first-order valence-electron chi connectivity index (χ1n) is 8.21. The molecule has 0 radical (unpaired) electrons. The van der Waals surface area contributed by atoms with Crippen LogP contribution >= 0.6 is 11.8 Å². The fourth-order valence-corrected chi connectivity index (χ4v) is 4.70. The maximum absolute atomic E-state index is 4.64. The second-order valence-electron chi connectivity index (χ2n) is 6.63. The third kappa shape index (κ3) is 4.01. The number of hydrogen-bond acceptors (Lipinski definition) is 3. The SMILES string of the molecule is CSC1(CNC(C)c2c(C)cc(C)nc2C)CCCCC1. The lowest BCUT2D eigenvalue weighted by molar-refractivity contribution is 0.366. The molecule has 2 nitrogen and oxygen atoms in total. The molecule has 1 unspecified atom stereocenters. The van der Waals surface area contributed by atoms with E-state index in [-0.39, 0.29) is 0 Å². The van der Waals surface area contributed by atoms with Crippen LogP contribution in [0.3, 0.4) is 0 Å². The monoisotopic (exact) mass is 306 g/mol. The van der Waals surface area contributed by atoms with Gasteiger partial charge < -0.3 is 5.32 Å². The van der Waals surface area contributed by atoms with Crippen molar-refractivity contribution in [2.75, 3.05) is 12.8 Å². The van der Waals surface area contributed by atoms with Crippen molar-refractivity contribution >= 4 is 11.8 Å². The van der Waals surface area contributed by atoms with Crippen molar-refractivity contribution in [2.24, 2.45) is 0 Å². The van der Waals surface area contributed by atoms with Gasteiger partial charge in [0.1, 0.15) is 0 Å². The van der Waals surface area contributed by atoms with E-state index < -0.39 is 0 Å². The maximum atomic E-state index is 4.64. The number of aryl methyl sites for hydroxylation is 3. The molecule has 1 N–H and O–H groups in total. The molecule has 0 spiro atoms. The molecule has 0 bridgehead atoms. The number of nitrogens with zero attached hydrogens (tertiary/aromatic N) is 1. The van der Waals surface area contributed by atoms with Gasteiger partial charge in [0.05, 0.1) is 0 Å². The topological polar surface area (TPSA) is 24.9 Å². The van der Waals surface area contributed by atoms with Crippen molar-refractivity contribution in [3.8, 4) is 0 Å². The predicted molar refractivity (Wildman–Crippen MR) is 94.2 cm³/mol. The molecule has 1 aliphatic carbocycles. The molecule has 0 aliphatic heterocycles. The summed E-state index contributed by atoms with van der Waals surface area (Å²) in [6.07, 6.45) is 9.19. The van der Waals surface area contributed by atoms with E-state index in [9.17, 15) is 0 Å². The molecule has 0 amide bonds. The van der Waals surface area contributed by atoms with Gasteiger partial charge >= 0.3 is 0 Å². The van der Waals surface area contributed by atoms with Crippen LogP contribution in [0.1, 0.15) is 67.6 Å². The van der Waals surface area contributed by atoms with E-state index in [1.807, 2.05) is 0 Å². The molecule has 1 aliphatic rings. The minimum absolute atomic E-state index is 0.379. The van der Waals surface area contributed by atoms with E-state index in [1.54, 1.807) is 0 Å². The van der Waals surface area contributed by atoms with Crippen molar-refractivity contribution in [3.63, 3.8) is 0 Å². The fraction of sp³-hybridized carbons (Fsp3) is 0.722. The minimum atomic E-state index is 0.379. The number of nitrogens with one attached hydrogen (secondary N) is 1. The molecule has 1 fully saturated rings. The summed E-state index contributed by atoms with van der Waals surface area (Å²) < 4.78 is 0.451. The molecule has 1 atom stereocenters. The number of pyridine rings is 1. The van der Waals surface area contributed by atoms with Crippen LogP contribution in [0.2, 0.25) is 0 Å². The van der Waals surface area contributed by atoms with Crippen molar-refractivity contribution in [2.45, 2.75) is 70.6 Å². The maximum Gasteiger partial charge on any atom is 0.0426 e. The molecule has 1 aromatic heterocycles. The first kappa shape index (κ1) is 16.8. The van der Waals surface area contributed by atoms with E-state index in [0.717, 1.165) is 12.2 Å². The zero-order valence-corrected chi connectivity index (χ0v) is 15.1. The highest BCUT2D eigenvalue weighted by Crippen LogP contribution is 2.38. The van der Waals surface area contributed by atoms with E-state index in [4.69, 9.17) is 0 Å². The van der Waals surface area contributed by atoms with Crippen LogP contribution in [-0.2, 0) is 0 Å². The van der Waals surface area contributed by atoms with Gasteiger partial charge in [-0.25, -0.2) is 0 Å². The van der Waals surface area contributed by atoms with E-state index in [1.165, 1.54) is 48.9 Å². The van der Waals surface area contributed by atoms with Gasteiger partial charge in [-0.15, -0.1) is 0 Å². The Morgan fingerprint density at radius 1 is 1.24 bits per heavy atom. The van der Waals surface area contributed by atoms with Gasteiger partial charge in [0.25, 0.3) is 0 Å². The first-order chi connectivity index (χ1) is 9.97. The predicted octanol–water partition coefficient (Wildman–Crippen LogP) is 4.72. The highest BCUT2D eigenvalue weighted by atomic mass is 32.2. The molecule has 1 saturated carbocycles. The van der Waals surface area contributed by atoms with Gasteiger partial charge in [-0.3, -0.25) is 4.98 Å². The van der Waals surface area contributed by atoms with E-state index >= 15 is 0 Å². The van der Waals surface area contributed by atoms with Gasteiger partial charge in [0, 0.05) is 28.7 Å². The number of rotatable bonds is 5.